The third kappa shape index (κ3) is 2.99. The Morgan fingerprint density at radius 3 is 2.53 bits per heavy atom. The monoisotopic (exact) mass is 280 g/mol. The quantitative estimate of drug-likeness (QED) is 0.887. The maximum atomic E-state index is 13.3. The lowest BCUT2D eigenvalue weighted by molar-refractivity contribution is 0.243. The Kier molecular flexibility index (Phi) is 3.96. The summed E-state index contributed by atoms with van der Waals surface area (Å²) in [6, 6.07) is 9.65. The third-order valence-corrected chi connectivity index (χ3v) is 2.87. The van der Waals surface area contributed by atoms with E-state index in [1.807, 2.05) is 26.0 Å². The van der Waals surface area contributed by atoms with Crippen LogP contribution in [0.3, 0.4) is 0 Å². The van der Waals surface area contributed by atoms with Crippen LogP contribution in [0.5, 0.6) is 11.5 Å². The van der Waals surface area contributed by atoms with Crippen LogP contribution in [0.1, 0.15) is 13.8 Å². The maximum Gasteiger partial charge on any atom is 0.145 e. The summed E-state index contributed by atoms with van der Waals surface area (Å²) in [6.45, 7) is 3.82. The minimum Gasteiger partial charge on any atom is -0.507 e. The molecule has 2 nitrogen and oxygen atoms in total. The number of hydrogen-bond acceptors (Lipinski definition) is 2. The average Bonchev–Trinajstić information content (AvgIpc) is 2.34. The van der Waals surface area contributed by atoms with Gasteiger partial charge in [0.25, 0.3) is 0 Å². The van der Waals surface area contributed by atoms with Gasteiger partial charge in [0, 0.05) is 17.2 Å². The van der Waals surface area contributed by atoms with Crippen LogP contribution in [0.15, 0.2) is 36.4 Å². The molecule has 0 aromatic heterocycles. The van der Waals surface area contributed by atoms with Crippen LogP contribution in [-0.2, 0) is 0 Å². The van der Waals surface area contributed by atoms with E-state index in [2.05, 4.69) is 0 Å². The Bertz CT molecular complexity index is 597. The fourth-order valence-corrected chi connectivity index (χ4v) is 1.96. The smallest absolute Gasteiger partial charge is 0.145 e. The molecule has 0 heterocycles. The maximum absolute atomic E-state index is 13.3. The van der Waals surface area contributed by atoms with E-state index >= 15 is 0 Å². The SMILES string of the molecule is CC(C)Oc1ccccc1-c1cc(Cl)c(F)cc1O. The van der Waals surface area contributed by atoms with Gasteiger partial charge in [0.15, 0.2) is 0 Å². The predicted octanol–water partition coefficient (Wildman–Crippen LogP) is 4.64. The second kappa shape index (κ2) is 5.49. The summed E-state index contributed by atoms with van der Waals surface area (Å²) < 4.78 is 18.9. The first-order chi connectivity index (χ1) is 8.99. The van der Waals surface area contributed by atoms with Gasteiger partial charge in [0.2, 0.25) is 0 Å². The van der Waals surface area contributed by atoms with Crippen molar-refractivity contribution < 1.29 is 14.2 Å². The van der Waals surface area contributed by atoms with Crippen LogP contribution < -0.4 is 4.74 Å². The summed E-state index contributed by atoms with van der Waals surface area (Å²) in [5.41, 5.74) is 1.12. The van der Waals surface area contributed by atoms with Crippen LogP contribution in [-0.4, -0.2) is 11.2 Å². The van der Waals surface area contributed by atoms with E-state index in [1.54, 1.807) is 12.1 Å². The van der Waals surface area contributed by atoms with Crippen molar-refractivity contribution in [3.8, 4) is 22.6 Å². The molecule has 2 aromatic carbocycles. The zero-order valence-corrected chi connectivity index (χ0v) is 11.4. The lowest BCUT2D eigenvalue weighted by Crippen LogP contribution is -2.06. The molecule has 0 atom stereocenters. The molecule has 0 aliphatic rings. The van der Waals surface area contributed by atoms with Crippen molar-refractivity contribution in [1.82, 2.24) is 0 Å². The van der Waals surface area contributed by atoms with E-state index in [9.17, 15) is 9.50 Å². The summed E-state index contributed by atoms with van der Waals surface area (Å²) in [4.78, 5) is 0. The molecule has 0 amide bonds. The molecule has 0 aliphatic heterocycles. The molecule has 0 bridgehead atoms. The number of aromatic hydroxyl groups is 1. The fraction of sp³-hybridized carbons (Fsp3) is 0.200. The van der Waals surface area contributed by atoms with E-state index in [4.69, 9.17) is 16.3 Å². The van der Waals surface area contributed by atoms with Gasteiger partial charge in [-0.3, -0.25) is 0 Å². The molecule has 19 heavy (non-hydrogen) atoms. The van der Waals surface area contributed by atoms with Gasteiger partial charge in [-0.15, -0.1) is 0 Å². The molecule has 2 aromatic rings. The first kappa shape index (κ1) is 13.7. The first-order valence-corrected chi connectivity index (χ1v) is 6.31. The molecule has 0 radical (unpaired) electrons. The first-order valence-electron chi connectivity index (χ1n) is 5.93. The Morgan fingerprint density at radius 2 is 1.84 bits per heavy atom. The summed E-state index contributed by atoms with van der Waals surface area (Å²) >= 11 is 5.77. The van der Waals surface area contributed by atoms with Crippen molar-refractivity contribution in [3.63, 3.8) is 0 Å². The lowest BCUT2D eigenvalue weighted by atomic mass is 10.0. The van der Waals surface area contributed by atoms with Gasteiger partial charge < -0.3 is 9.84 Å². The van der Waals surface area contributed by atoms with E-state index in [-0.39, 0.29) is 16.9 Å². The summed E-state index contributed by atoms with van der Waals surface area (Å²) in [6.07, 6.45) is -0.000729. The molecular formula is C15H14ClFO2. The number of phenols is 1. The highest BCUT2D eigenvalue weighted by atomic mass is 35.5. The van der Waals surface area contributed by atoms with Crippen molar-refractivity contribution in [2.75, 3.05) is 0 Å². The van der Waals surface area contributed by atoms with Crippen LogP contribution in [0.4, 0.5) is 4.39 Å². The molecular weight excluding hydrogens is 267 g/mol. The van der Waals surface area contributed by atoms with Crippen LogP contribution in [0.2, 0.25) is 5.02 Å². The van der Waals surface area contributed by atoms with E-state index < -0.39 is 5.82 Å². The van der Waals surface area contributed by atoms with Crippen molar-refractivity contribution in [1.29, 1.82) is 0 Å². The van der Waals surface area contributed by atoms with E-state index in [0.717, 1.165) is 6.07 Å². The Balaban J connectivity index is 2.56. The molecule has 0 spiro atoms. The van der Waals surface area contributed by atoms with Gasteiger partial charge >= 0.3 is 0 Å². The van der Waals surface area contributed by atoms with Crippen LogP contribution in [0.25, 0.3) is 11.1 Å². The number of rotatable bonds is 3. The number of ether oxygens (including phenoxy) is 1. The standard InChI is InChI=1S/C15H14ClFO2/c1-9(2)19-15-6-4-3-5-10(15)11-7-12(16)13(17)8-14(11)18/h3-9,18H,1-2H3. The van der Waals surface area contributed by atoms with Gasteiger partial charge in [-0.1, -0.05) is 29.8 Å². The summed E-state index contributed by atoms with van der Waals surface area (Å²) in [5.74, 6) is -0.192. The molecule has 0 aliphatic carbocycles. The lowest BCUT2D eigenvalue weighted by Gasteiger charge is -2.15. The summed E-state index contributed by atoms with van der Waals surface area (Å²) in [7, 11) is 0. The molecule has 0 saturated carbocycles. The van der Waals surface area contributed by atoms with Crippen molar-refractivity contribution in [3.05, 3.63) is 47.2 Å². The molecule has 0 fully saturated rings. The van der Waals surface area contributed by atoms with Gasteiger partial charge in [0.05, 0.1) is 11.1 Å². The van der Waals surface area contributed by atoms with Gasteiger partial charge in [0.1, 0.15) is 17.3 Å². The second-order valence-electron chi connectivity index (χ2n) is 4.45. The highest BCUT2D eigenvalue weighted by Crippen LogP contribution is 2.38. The van der Waals surface area contributed by atoms with Crippen LogP contribution >= 0.6 is 11.6 Å². The van der Waals surface area contributed by atoms with Gasteiger partial charge in [-0.25, -0.2) is 4.39 Å². The minimum atomic E-state index is -0.648. The highest BCUT2D eigenvalue weighted by Gasteiger charge is 2.14. The van der Waals surface area contributed by atoms with Crippen molar-refractivity contribution in [2.24, 2.45) is 0 Å². The third-order valence-electron chi connectivity index (χ3n) is 2.58. The number of para-hydroxylation sites is 1. The highest BCUT2D eigenvalue weighted by molar-refractivity contribution is 6.31. The molecule has 4 heteroatoms. The summed E-state index contributed by atoms with van der Waals surface area (Å²) in [5, 5.41) is 9.84. The average molecular weight is 281 g/mol. The zero-order valence-electron chi connectivity index (χ0n) is 10.7. The van der Waals surface area contributed by atoms with Crippen molar-refractivity contribution >= 4 is 11.6 Å². The topological polar surface area (TPSA) is 29.5 Å². The van der Waals surface area contributed by atoms with Gasteiger partial charge in [-0.05, 0) is 26.0 Å². The zero-order chi connectivity index (χ0) is 14.0. The van der Waals surface area contributed by atoms with Crippen LogP contribution in [0, 0.1) is 5.82 Å². The minimum absolute atomic E-state index is 0.000729. The van der Waals surface area contributed by atoms with E-state index in [1.165, 1.54) is 6.07 Å². The normalized spacial score (nSPS) is 10.8. The van der Waals surface area contributed by atoms with Crippen molar-refractivity contribution in [2.45, 2.75) is 20.0 Å². The molecule has 100 valence electrons. The Hall–Kier alpha value is -1.74. The molecule has 1 N–H and O–H groups in total. The number of benzene rings is 2. The fourth-order valence-electron chi connectivity index (χ4n) is 1.80. The second-order valence-corrected chi connectivity index (χ2v) is 4.85. The Labute approximate surface area is 116 Å². The molecule has 2 rings (SSSR count). The number of hydrogen-bond donors (Lipinski definition) is 1. The Morgan fingerprint density at radius 1 is 1.16 bits per heavy atom. The predicted molar refractivity (Wildman–Crippen MR) is 74.3 cm³/mol. The van der Waals surface area contributed by atoms with E-state index in [0.29, 0.717) is 16.9 Å². The largest absolute Gasteiger partial charge is 0.507 e. The number of halogens is 2. The molecule has 0 saturated heterocycles. The molecule has 0 unspecified atom stereocenters. The number of phenolic OH excluding ortho intramolecular Hbond substituents is 1. The van der Waals surface area contributed by atoms with Gasteiger partial charge in [-0.2, -0.15) is 0 Å².